The molecule has 3 nitrogen and oxygen atoms in total. The molecule has 0 bridgehead atoms. The van der Waals surface area contributed by atoms with Crippen molar-refractivity contribution in [2.45, 2.75) is 83.3 Å². The topological polar surface area (TPSA) is 49.7 Å². The maximum atomic E-state index is 13.3. The highest BCUT2D eigenvalue weighted by atomic mass is 19.1. The van der Waals surface area contributed by atoms with Gasteiger partial charge in [0.15, 0.2) is 0 Å². The number of ether oxygens (including phenoxy) is 1. The predicted molar refractivity (Wildman–Crippen MR) is 109 cm³/mol. The van der Waals surface area contributed by atoms with Gasteiger partial charge in [0, 0.05) is 7.11 Å². The van der Waals surface area contributed by atoms with E-state index in [4.69, 9.17) is 4.74 Å². The van der Waals surface area contributed by atoms with Crippen molar-refractivity contribution >= 4 is 0 Å². The zero-order chi connectivity index (χ0) is 20.1. The molecule has 10 atom stereocenters. The van der Waals surface area contributed by atoms with E-state index >= 15 is 0 Å². The van der Waals surface area contributed by atoms with E-state index in [1.165, 1.54) is 38.5 Å². The van der Waals surface area contributed by atoms with Crippen molar-refractivity contribution in [3.63, 3.8) is 0 Å². The van der Waals surface area contributed by atoms with E-state index in [1.807, 2.05) is 0 Å². The summed E-state index contributed by atoms with van der Waals surface area (Å²) < 4.78 is 18.6. The molecule has 4 fully saturated rings. The molecule has 0 aliphatic heterocycles. The summed E-state index contributed by atoms with van der Waals surface area (Å²) in [5.74, 6) is 4.45. The van der Waals surface area contributed by atoms with Crippen LogP contribution in [0.5, 0.6) is 0 Å². The zero-order valence-electron chi connectivity index (χ0n) is 18.1. The van der Waals surface area contributed by atoms with Crippen LogP contribution in [0.15, 0.2) is 0 Å². The smallest absolute Gasteiger partial charge is 0.118 e. The van der Waals surface area contributed by atoms with Crippen LogP contribution in [0.1, 0.15) is 71.6 Å². The minimum absolute atomic E-state index is 0.289. The Balaban J connectivity index is 1.48. The van der Waals surface area contributed by atoms with Crippen LogP contribution in [0.25, 0.3) is 0 Å². The molecule has 0 radical (unpaired) electrons. The van der Waals surface area contributed by atoms with E-state index in [2.05, 4.69) is 13.8 Å². The largest absolute Gasteiger partial charge is 0.390 e. The molecule has 4 aliphatic carbocycles. The van der Waals surface area contributed by atoms with Crippen molar-refractivity contribution in [2.24, 2.45) is 46.8 Å². The standard InChI is InChI=1S/C24H41FO3/c1-15(22(26)13-28-3)20-6-7-21-19-5-4-16-12-24(27,14-25)11-9-17(16)18(19)8-10-23(20,21)2/h15-22,26-27H,4-14H2,1-3H3/t15-,16+,17-,18+,19+,20+,21-,22+,23+,24+/m0/s1. The zero-order valence-corrected chi connectivity index (χ0v) is 18.1. The summed E-state index contributed by atoms with van der Waals surface area (Å²) >= 11 is 0. The lowest BCUT2D eigenvalue weighted by molar-refractivity contribution is -0.117. The third-order valence-corrected chi connectivity index (χ3v) is 10.0. The molecule has 4 saturated carbocycles. The van der Waals surface area contributed by atoms with Gasteiger partial charge >= 0.3 is 0 Å². The average molecular weight is 397 g/mol. The number of halogens is 1. The fraction of sp³-hybridized carbons (Fsp3) is 1.00. The summed E-state index contributed by atoms with van der Waals surface area (Å²) in [6, 6.07) is 0. The van der Waals surface area contributed by atoms with Gasteiger partial charge in [0.1, 0.15) is 6.67 Å². The molecule has 2 N–H and O–H groups in total. The maximum Gasteiger partial charge on any atom is 0.118 e. The Kier molecular flexibility index (Phi) is 5.88. The van der Waals surface area contributed by atoms with Crippen molar-refractivity contribution in [1.29, 1.82) is 0 Å². The van der Waals surface area contributed by atoms with Gasteiger partial charge in [0.2, 0.25) is 0 Å². The number of aliphatic hydroxyl groups is 2. The maximum absolute atomic E-state index is 13.3. The molecule has 162 valence electrons. The highest BCUT2D eigenvalue weighted by Gasteiger charge is 2.58. The number of alkyl halides is 1. The predicted octanol–water partition coefficient (Wildman–Crippen LogP) is 4.60. The lowest BCUT2D eigenvalue weighted by Gasteiger charge is -2.57. The molecule has 4 rings (SSSR count). The number of aliphatic hydroxyl groups excluding tert-OH is 1. The van der Waals surface area contributed by atoms with Gasteiger partial charge in [-0.3, -0.25) is 0 Å². The van der Waals surface area contributed by atoms with Crippen LogP contribution in [0.2, 0.25) is 0 Å². The number of rotatable bonds is 5. The Morgan fingerprint density at radius 2 is 1.79 bits per heavy atom. The summed E-state index contributed by atoms with van der Waals surface area (Å²) in [7, 11) is 1.67. The van der Waals surface area contributed by atoms with Crippen molar-refractivity contribution in [1.82, 2.24) is 0 Å². The van der Waals surface area contributed by atoms with Crippen LogP contribution in [-0.2, 0) is 4.74 Å². The molecule has 0 aromatic heterocycles. The Hall–Kier alpha value is -0.190. The van der Waals surface area contributed by atoms with Gasteiger partial charge in [0.05, 0.1) is 18.3 Å². The SMILES string of the molecule is COC[C@@H](O)[C@@H](C)[C@H]1CC[C@H]2[C@@H]3CC[C@@H]4C[C@@](O)(CF)CC[C@@H]4[C@H]3CC[C@]12C. The first-order valence-corrected chi connectivity index (χ1v) is 11.8. The molecule has 28 heavy (non-hydrogen) atoms. The molecule has 0 amide bonds. The summed E-state index contributed by atoms with van der Waals surface area (Å²) in [5, 5.41) is 21.1. The number of methoxy groups -OCH3 is 1. The van der Waals surface area contributed by atoms with Gasteiger partial charge in [-0.15, -0.1) is 0 Å². The first-order chi connectivity index (χ1) is 13.3. The van der Waals surface area contributed by atoms with E-state index in [-0.39, 0.29) is 12.0 Å². The fourth-order valence-electron chi connectivity index (χ4n) is 8.58. The second-order valence-corrected chi connectivity index (χ2v) is 11.1. The second-order valence-electron chi connectivity index (χ2n) is 11.1. The third kappa shape index (κ3) is 3.36. The molecule has 4 aliphatic rings. The van der Waals surface area contributed by atoms with Gasteiger partial charge in [-0.25, -0.2) is 4.39 Å². The van der Waals surface area contributed by atoms with Crippen molar-refractivity contribution in [2.75, 3.05) is 20.4 Å². The van der Waals surface area contributed by atoms with Crippen LogP contribution in [0.3, 0.4) is 0 Å². The third-order valence-electron chi connectivity index (χ3n) is 10.0. The van der Waals surface area contributed by atoms with Crippen LogP contribution in [0.4, 0.5) is 4.39 Å². The van der Waals surface area contributed by atoms with Crippen molar-refractivity contribution in [3.8, 4) is 0 Å². The summed E-state index contributed by atoms with van der Waals surface area (Å²) in [4.78, 5) is 0. The average Bonchev–Trinajstić information content (AvgIpc) is 3.04. The van der Waals surface area contributed by atoms with Crippen LogP contribution >= 0.6 is 0 Å². The number of hydrogen-bond acceptors (Lipinski definition) is 3. The van der Waals surface area contributed by atoms with Gasteiger partial charge in [-0.2, -0.15) is 0 Å². The minimum atomic E-state index is -1.04. The quantitative estimate of drug-likeness (QED) is 0.714. The molecule has 0 aromatic rings. The summed E-state index contributed by atoms with van der Waals surface area (Å²) in [5.41, 5.74) is -0.695. The molecule has 0 spiro atoms. The summed E-state index contributed by atoms with van der Waals surface area (Å²) in [6.07, 6.45) is 9.52. The first-order valence-electron chi connectivity index (χ1n) is 11.8. The summed E-state index contributed by atoms with van der Waals surface area (Å²) in [6.45, 7) is 4.60. The van der Waals surface area contributed by atoms with Crippen LogP contribution in [-0.4, -0.2) is 42.3 Å². The lowest BCUT2D eigenvalue weighted by atomic mass is 9.48. The molecular formula is C24H41FO3. The molecule has 0 saturated heterocycles. The van der Waals surface area contributed by atoms with E-state index < -0.39 is 12.3 Å². The molecule has 0 aromatic carbocycles. The first kappa shape index (κ1) is 21.1. The number of hydrogen-bond donors (Lipinski definition) is 2. The van der Waals surface area contributed by atoms with E-state index in [0.717, 1.165) is 24.2 Å². The van der Waals surface area contributed by atoms with Gasteiger partial charge < -0.3 is 14.9 Å². The second kappa shape index (κ2) is 7.81. The Bertz CT molecular complexity index is 556. The molecule has 0 heterocycles. The number of fused-ring (bicyclic) bond motifs is 5. The molecular weight excluding hydrogens is 355 g/mol. The normalized spacial score (nSPS) is 50.4. The van der Waals surface area contributed by atoms with E-state index in [9.17, 15) is 14.6 Å². The molecule has 0 unspecified atom stereocenters. The monoisotopic (exact) mass is 396 g/mol. The van der Waals surface area contributed by atoms with Gasteiger partial charge in [0.25, 0.3) is 0 Å². The Morgan fingerprint density at radius 3 is 2.50 bits per heavy atom. The van der Waals surface area contributed by atoms with E-state index in [0.29, 0.717) is 42.6 Å². The van der Waals surface area contributed by atoms with Crippen molar-refractivity contribution < 1.29 is 19.3 Å². The van der Waals surface area contributed by atoms with Gasteiger partial charge in [-0.1, -0.05) is 13.8 Å². The fourth-order valence-corrected chi connectivity index (χ4v) is 8.58. The minimum Gasteiger partial charge on any atom is -0.390 e. The molecule has 4 heteroatoms. The lowest BCUT2D eigenvalue weighted by Crippen LogP contribution is -2.52. The highest BCUT2D eigenvalue weighted by molar-refractivity contribution is 5.08. The van der Waals surface area contributed by atoms with Crippen LogP contribution < -0.4 is 0 Å². The highest BCUT2D eigenvalue weighted by Crippen LogP contribution is 2.65. The Labute approximate surface area is 170 Å². The van der Waals surface area contributed by atoms with Crippen LogP contribution in [0, 0.1) is 46.8 Å². The van der Waals surface area contributed by atoms with Gasteiger partial charge in [-0.05, 0) is 105 Å². The Morgan fingerprint density at radius 1 is 1.04 bits per heavy atom. The van der Waals surface area contributed by atoms with Crippen molar-refractivity contribution in [3.05, 3.63) is 0 Å². The van der Waals surface area contributed by atoms with E-state index in [1.54, 1.807) is 7.11 Å².